The Bertz CT molecular complexity index is 716. The molecule has 0 aliphatic carbocycles. The van der Waals surface area contributed by atoms with Crippen molar-refractivity contribution < 1.29 is 18.3 Å². The molecule has 0 spiro atoms. The smallest absolute Gasteiger partial charge is 0.362 e. The highest BCUT2D eigenvalue weighted by atomic mass is 32.1. The number of aromatic nitrogens is 2. The van der Waals surface area contributed by atoms with Gasteiger partial charge in [-0.3, -0.25) is 4.98 Å². The molecule has 0 fully saturated rings. The van der Waals surface area contributed by atoms with Gasteiger partial charge in [0, 0.05) is 23.7 Å². The number of halogens is 3. The van der Waals surface area contributed by atoms with E-state index in [0.717, 1.165) is 11.3 Å². The Balaban J connectivity index is 1.99. The lowest BCUT2D eigenvalue weighted by Gasteiger charge is -2.32. The van der Waals surface area contributed by atoms with E-state index in [1.165, 1.54) is 6.92 Å². The number of pyridine rings is 1. The Morgan fingerprint density at radius 1 is 1.32 bits per heavy atom. The van der Waals surface area contributed by atoms with E-state index in [1.54, 1.807) is 29.8 Å². The van der Waals surface area contributed by atoms with Crippen LogP contribution in [0.3, 0.4) is 0 Å². The van der Waals surface area contributed by atoms with Crippen LogP contribution in [0.4, 0.5) is 18.3 Å². The van der Waals surface area contributed by atoms with E-state index in [-0.39, 0.29) is 10.8 Å². The first-order valence-corrected chi connectivity index (χ1v) is 7.19. The number of aliphatic hydroxyl groups is 1. The molecule has 3 heterocycles. The third-order valence-electron chi connectivity index (χ3n) is 3.18. The Labute approximate surface area is 127 Å². The van der Waals surface area contributed by atoms with Crippen molar-refractivity contribution in [1.82, 2.24) is 9.97 Å². The minimum absolute atomic E-state index is 0.0303. The molecule has 1 aliphatic heterocycles. The summed E-state index contributed by atoms with van der Waals surface area (Å²) in [6, 6.07) is 5.19. The Morgan fingerprint density at radius 2 is 2.09 bits per heavy atom. The van der Waals surface area contributed by atoms with Crippen molar-refractivity contribution in [3.8, 4) is 11.4 Å². The molecule has 2 aromatic heterocycles. The van der Waals surface area contributed by atoms with E-state index in [1.807, 2.05) is 0 Å². The van der Waals surface area contributed by atoms with E-state index in [4.69, 9.17) is 0 Å². The predicted molar refractivity (Wildman–Crippen MR) is 76.6 cm³/mol. The van der Waals surface area contributed by atoms with Crippen LogP contribution in [0.25, 0.3) is 11.4 Å². The number of hydrogen-bond acceptors (Lipinski definition) is 6. The molecule has 2 aromatic rings. The SMILES string of the molecule is CC1=NN(c2nc(-c3ccccn3)cs2)[C@](O)(C(F)(F)F)C1. The second-order valence-corrected chi connectivity index (χ2v) is 5.71. The second kappa shape index (κ2) is 5.03. The van der Waals surface area contributed by atoms with Gasteiger partial charge >= 0.3 is 6.18 Å². The summed E-state index contributed by atoms with van der Waals surface area (Å²) in [5.74, 6) is 0. The summed E-state index contributed by atoms with van der Waals surface area (Å²) in [6.45, 7) is 1.43. The number of anilines is 1. The normalized spacial score (nSPS) is 22.0. The maximum Gasteiger partial charge on any atom is 0.438 e. The minimum atomic E-state index is -4.84. The molecule has 1 N–H and O–H groups in total. The van der Waals surface area contributed by atoms with E-state index < -0.39 is 18.3 Å². The third-order valence-corrected chi connectivity index (χ3v) is 3.99. The van der Waals surface area contributed by atoms with Gasteiger partial charge in [0.05, 0.1) is 5.69 Å². The van der Waals surface area contributed by atoms with Crippen LogP contribution in [0.2, 0.25) is 0 Å². The third kappa shape index (κ3) is 2.35. The minimum Gasteiger partial charge on any atom is -0.362 e. The molecule has 0 saturated carbocycles. The molecule has 0 amide bonds. The molecule has 22 heavy (non-hydrogen) atoms. The van der Waals surface area contributed by atoms with Gasteiger partial charge < -0.3 is 5.11 Å². The summed E-state index contributed by atoms with van der Waals surface area (Å²) in [7, 11) is 0. The molecule has 3 rings (SSSR count). The Morgan fingerprint density at radius 3 is 2.73 bits per heavy atom. The number of nitrogens with zero attached hydrogens (tertiary/aromatic N) is 4. The quantitative estimate of drug-likeness (QED) is 0.920. The molecule has 116 valence electrons. The monoisotopic (exact) mass is 328 g/mol. The fraction of sp³-hybridized carbons (Fsp3) is 0.308. The maximum atomic E-state index is 13.2. The van der Waals surface area contributed by atoms with Crippen molar-refractivity contribution in [2.75, 3.05) is 5.01 Å². The predicted octanol–water partition coefficient (Wildman–Crippen LogP) is 3.04. The molecule has 1 atom stereocenters. The molecule has 9 heteroatoms. The van der Waals surface area contributed by atoms with Crippen LogP contribution in [-0.4, -0.2) is 32.7 Å². The van der Waals surface area contributed by atoms with Crippen molar-refractivity contribution in [1.29, 1.82) is 0 Å². The number of alkyl halides is 3. The summed E-state index contributed by atoms with van der Waals surface area (Å²) in [5.41, 5.74) is -1.89. The lowest BCUT2D eigenvalue weighted by Crippen LogP contribution is -2.55. The molecule has 5 nitrogen and oxygen atoms in total. The van der Waals surface area contributed by atoms with Crippen LogP contribution in [-0.2, 0) is 0 Å². The molecular formula is C13H11F3N4OS. The standard InChI is InChI=1S/C13H11F3N4OS/c1-8-6-12(21,13(14,15)16)20(19-8)11-18-10(7-22-11)9-4-2-3-5-17-9/h2-5,7,21H,6H2,1H3/t12-/m1/s1. The molecule has 0 unspecified atom stereocenters. The first kappa shape index (κ1) is 14.9. The zero-order valence-electron chi connectivity index (χ0n) is 11.4. The summed E-state index contributed by atoms with van der Waals surface area (Å²) < 4.78 is 39.5. The van der Waals surface area contributed by atoms with Crippen LogP contribution >= 0.6 is 11.3 Å². The molecule has 0 bridgehead atoms. The highest BCUT2D eigenvalue weighted by Gasteiger charge is 2.62. The number of hydrazone groups is 1. The molecule has 1 aliphatic rings. The van der Waals surface area contributed by atoms with Crippen LogP contribution in [0.1, 0.15) is 13.3 Å². The van der Waals surface area contributed by atoms with E-state index in [9.17, 15) is 18.3 Å². The number of hydrogen-bond donors (Lipinski definition) is 1. The fourth-order valence-electron chi connectivity index (χ4n) is 2.14. The van der Waals surface area contributed by atoms with Crippen molar-refractivity contribution >= 4 is 22.2 Å². The average molecular weight is 328 g/mol. The van der Waals surface area contributed by atoms with Gasteiger partial charge in [-0.2, -0.15) is 23.3 Å². The molecule has 0 saturated heterocycles. The first-order chi connectivity index (χ1) is 10.3. The van der Waals surface area contributed by atoms with E-state index in [2.05, 4.69) is 15.1 Å². The van der Waals surface area contributed by atoms with Gasteiger partial charge in [-0.05, 0) is 19.1 Å². The lowest BCUT2D eigenvalue weighted by atomic mass is 10.1. The summed E-state index contributed by atoms with van der Waals surface area (Å²) in [4.78, 5) is 8.21. The molecule has 0 radical (unpaired) electrons. The van der Waals surface area contributed by atoms with Crippen LogP contribution < -0.4 is 5.01 Å². The summed E-state index contributed by atoms with van der Waals surface area (Å²) in [5, 5.41) is 15.9. The van der Waals surface area contributed by atoms with Gasteiger partial charge in [0.25, 0.3) is 5.72 Å². The van der Waals surface area contributed by atoms with Crippen LogP contribution in [0.15, 0.2) is 34.9 Å². The van der Waals surface area contributed by atoms with Gasteiger partial charge in [-0.25, -0.2) is 4.98 Å². The average Bonchev–Trinajstić information content (AvgIpc) is 3.04. The summed E-state index contributed by atoms with van der Waals surface area (Å²) >= 11 is 0.970. The largest absolute Gasteiger partial charge is 0.438 e. The van der Waals surface area contributed by atoms with Crippen molar-refractivity contribution in [2.45, 2.75) is 25.2 Å². The van der Waals surface area contributed by atoms with Crippen molar-refractivity contribution in [3.63, 3.8) is 0 Å². The number of thiazole rings is 1. The molecular weight excluding hydrogens is 317 g/mol. The van der Waals surface area contributed by atoms with E-state index >= 15 is 0 Å². The van der Waals surface area contributed by atoms with Gasteiger partial charge in [-0.15, -0.1) is 11.3 Å². The van der Waals surface area contributed by atoms with Gasteiger partial charge in [-0.1, -0.05) is 6.07 Å². The zero-order chi connectivity index (χ0) is 16.0. The topological polar surface area (TPSA) is 61.6 Å². The molecule has 0 aromatic carbocycles. The summed E-state index contributed by atoms with van der Waals surface area (Å²) in [6.07, 6.45) is -3.88. The highest BCUT2D eigenvalue weighted by Crippen LogP contribution is 2.43. The van der Waals surface area contributed by atoms with Gasteiger partial charge in [0.1, 0.15) is 5.69 Å². The second-order valence-electron chi connectivity index (χ2n) is 4.87. The van der Waals surface area contributed by atoms with Crippen molar-refractivity contribution in [3.05, 3.63) is 29.8 Å². The van der Waals surface area contributed by atoms with Gasteiger partial charge in [0.2, 0.25) is 5.13 Å². The number of rotatable bonds is 2. The Hall–Kier alpha value is -2.00. The Kier molecular flexibility index (Phi) is 3.41. The van der Waals surface area contributed by atoms with E-state index in [0.29, 0.717) is 16.4 Å². The van der Waals surface area contributed by atoms with Gasteiger partial charge in [0.15, 0.2) is 0 Å². The van der Waals surface area contributed by atoms with Crippen molar-refractivity contribution in [2.24, 2.45) is 5.10 Å². The maximum absolute atomic E-state index is 13.2. The van der Waals surface area contributed by atoms with Crippen LogP contribution in [0, 0.1) is 0 Å². The highest BCUT2D eigenvalue weighted by molar-refractivity contribution is 7.14. The first-order valence-electron chi connectivity index (χ1n) is 6.31. The fourth-order valence-corrected chi connectivity index (χ4v) is 2.97. The zero-order valence-corrected chi connectivity index (χ0v) is 12.2. The van der Waals surface area contributed by atoms with Crippen LogP contribution in [0.5, 0.6) is 0 Å². The lowest BCUT2D eigenvalue weighted by molar-refractivity contribution is -0.254.